The van der Waals surface area contributed by atoms with Crippen LogP contribution in [0.4, 0.5) is 0 Å². The minimum absolute atomic E-state index is 0.0550. The Kier molecular flexibility index (Phi) is 5.64. The van der Waals surface area contributed by atoms with Gasteiger partial charge >= 0.3 is 0 Å². The molecule has 3 unspecified atom stereocenters. The standard InChI is InChI=1S/C19H27ClN4O/c1-3-6-17(23-14(2)20)24-12-15-9-19(15,13-24)16(10-21)11-22-18-7-4-5-8-25-18/h3,6,10-11,15,18,21-22H,1,4-5,7-9,12-13H2,2H3/b16-11+,17-6+,21-10?,23-14+. The Morgan fingerprint density at radius 3 is 2.96 bits per heavy atom. The van der Waals surface area contributed by atoms with Crippen LogP contribution in [-0.2, 0) is 4.74 Å². The Bertz CT molecular complexity index is 617. The van der Waals surface area contributed by atoms with Gasteiger partial charge in [0.05, 0.1) is 0 Å². The van der Waals surface area contributed by atoms with Gasteiger partial charge in [0.2, 0.25) is 0 Å². The van der Waals surface area contributed by atoms with Crippen LogP contribution in [-0.4, -0.2) is 42.2 Å². The number of ether oxygens (including phenoxy) is 1. The van der Waals surface area contributed by atoms with Crippen molar-refractivity contribution in [2.24, 2.45) is 16.3 Å². The van der Waals surface area contributed by atoms with Crippen molar-refractivity contribution < 1.29 is 4.74 Å². The molecule has 0 aromatic carbocycles. The first-order chi connectivity index (χ1) is 12.1. The van der Waals surface area contributed by atoms with Crippen LogP contribution in [0, 0.1) is 16.7 Å². The van der Waals surface area contributed by atoms with Crippen LogP contribution < -0.4 is 5.32 Å². The Morgan fingerprint density at radius 2 is 2.32 bits per heavy atom. The molecule has 2 aliphatic heterocycles. The molecule has 2 N–H and O–H groups in total. The van der Waals surface area contributed by atoms with Gasteiger partial charge in [0, 0.05) is 37.5 Å². The van der Waals surface area contributed by atoms with Crippen molar-refractivity contribution in [2.75, 3.05) is 19.7 Å². The number of likely N-dealkylation sites (tertiary alicyclic amines) is 1. The monoisotopic (exact) mass is 362 g/mol. The van der Waals surface area contributed by atoms with E-state index in [0.717, 1.165) is 50.4 Å². The maximum Gasteiger partial charge on any atom is 0.129 e. The fourth-order valence-corrected chi connectivity index (χ4v) is 4.05. The summed E-state index contributed by atoms with van der Waals surface area (Å²) in [5, 5.41) is 11.8. The Labute approximate surface area is 155 Å². The molecule has 2 saturated heterocycles. The highest BCUT2D eigenvalue weighted by Crippen LogP contribution is 2.62. The molecule has 0 bridgehead atoms. The van der Waals surface area contributed by atoms with E-state index in [1.165, 1.54) is 12.6 Å². The Hall–Kier alpha value is -1.59. The summed E-state index contributed by atoms with van der Waals surface area (Å²) in [4.78, 5) is 6.67. The van der Waals surface area contributed by atoms with E-state index in [-0.39, 0.29) is 11.6 Å². The summed E-state index contributed by atoms with van der Waals surface area (Å²) >= 11 is 5.97. The third-order valence-corrected chi connectivity index (χ3v) is 5.42. The van der Waals surface area contributed by atoms with Gasteiger partial charge in [-0.3, -0.25) is 0 Å². The topological polar surface area (TPSA) is 60.7 Å². The molecule has 3 atom stereocenters. The van der Waals surface area contributed by atoms with Crippen LogP contribution >= 0.6 is 11.6 Å². The van der Waals surface area contributed by atoms with Crippen LogP contribution in [0.3, 0.4) is 0 Å². The molecule has 3 fully saturated rings. The van der Waals surface area contributed by atoms with E-state index in [0.29, 0.717) is 11.1 Å². The lowest BCUT2D eigenvalue weighted by molar-refractivity contribution is 0.00318. The molecule has 2 heterocycles. The zero-order chi connectivity index (χ0) is 17.9. The molecule has 0 amide bonds. The minimum Gasteiger partial charge on any atom is -0.366 e. The number of fused-ring (bicyclic) bond motifs is 1. The summed E-state index contributed by atoms with van der Waals surface area (Å²) in [6, 6.07) is 0. The zero-order valence-electron chi connectivity index (χ0n) is 14.8. The normalized spacial score (nSPS) is 33.0. The van der Waals surface area contributed by atoms with Crippen LogP contribution in [0.2, 0.25) is 0 Å². The third kappa shape index (κ3) is 3.98. The van der Waals surface area contributed by atoms with Crippen molar-refractivity contribution in [3.8, 4) is 0 Å². The summed E-state index contributed by atoms with van der Waals surface area (Å²) in [5.41, 5.74) is 1.11. The average Bonchev–Trinajstić information content (AvgIpc) is 3.16. The van der Waals surface area contributed by atoms with E-state index in [1.54, 1.807) is 13.0 Å². The van der Waals surface area contributed by atoms with E-state index >= 15 is 0 Å². The fraction of sp³-hybridized carbons (Fsp3) is 0.579. The summed E-state index contributed by atoms with van der Waals surface area (Å²) < 4.78 is 5.72. The summed E-state index contributed by atoms with van der Waals surface area (Å²) in [6.07, 6.45) is 11.7. The average molecular weight is 363 g/mol. The second kappa shape index (κ2) is 7.75. The first kappa shape index (κ1) is 18.2. The first-order valence-corrected chi connectivity index (χ1v) is 9.34. The van der Waals surface area contributed by atoms with E-state index in [4.69, 9.17) is 21.7 Å². The molecule has 0 aromatic heterocycles. The summed E-state index contributed by atoms with van der Waals surface area (Å²) in [5.74, 6) is 1.41. The smallest absolute Gasteiger partial charge is 0.129 e. The van der Waals surface area contributed by atoms with E-state index in [9.17, 15) is 0 Å². The van der Waals surface area contributed by atoms with Gasteiger partial charge in [0.15, 0.2) is 0 Å². The Balaban J connectivity index is 1.70. The molecular formula is C19H27ClN4O. The number of aliphatic imine (C=N–C) groups is 1. The largest absolute Gasteiger partial charge is 0.366 e. The van der Waals surface area contributed by atoms with Crippen molar-refractivity contribution in [1.29, 1.82) is 5.41 Å². The molecule has 3 rings (SSSR count). The van der Waals surface area contributed by atoms with Crippen molar-refractivity contribution in [1.82, 2.24) is 10.2 Å². The lowest BCUT2D eigenvalue weighted by atomic mass is 9.96. The molecule has 0 aromatic rings. The van der Waals surface area contributed by atoms with E-state index in [1.807, 2.05) is 12.3 Å². The van der Waals surface area contributed by atoms with E-state index < -0.39 is 0 Å². The van der Waals surface area contributed by atoms with E-state index in [2.05, 4.69) is 21.8 Å². The number of hydrogen-bond donors (Lipinski definition) is 2. The minimum atomic E-state index is 0.0550. The predicted octanol–water partition coefficient (Wildman–Crippen LogP) is 3.64. The molecular weight excluding hydrogens is 336 g/mol. The van der Waals surface area contributed by atoms with Crippen LogP contribution in [0.15, 0.2) is 41.3 Å². The highest BCUT2D eigenvalue weighted by atomic mass is 35.5. The van der Waals surface area contributed by atoms with Crippen LogP contribution in [0.5, 0.6) is 0 Å². The number of allylic oxidation sites excluding steroid dienone is 2. The number of nitrogens with one attached hydrogen (secondary N) is 2. The first-order valence-electron chi connectivity index (χ1n) is 8.96. The van der Waals surface area contributed by atoms with Gasteiger partial charge in [-0.2, -0.15) is 0 Å². The molecule has 1 saturated carbocycles. The number of rotatable bonds is 7. The maximum absolute atomic E-state index is 7.89. The molecule has 0 spiro atoms. The highest BCUT2D eigenvalue weighted by Gasteiger charge is 2.61. The van der Waals surface area contributed by atoms with Crippen molar-refractivity contribution in [2.45, 2.75) is 38.8 Å². The second-order valence-electron chi connectivity index (χ2n) is 7.07. The van der Waals surface area contributed by atoms with Crippen LogP contribution in [0.1, 0.15) is 32.6 Å². The SMILES string of the molecule is C=C/C=C(\N=C(/C)Cl)N1CC2CC2(/C(C=N)=C/NC2CCCCO2)C1. The van der Waals surface area contributed by atoms with Crippen molar-refractivity contribution in [3.63, 3.8) is 0 Å². The highest BCUT2D eigenvalue weighted by molar-refractivity contribution is 6.64. The zero-order valence-corrected chi connectivity index (χ0v) is 15.6. The van der Waals surface area contributed by atoms with Gasteiger partial charge in [0.25, 0.3) is 0 Å². The number of hydrogen-bond acceptors (Lipinski definition) is 5. The maximum atomic E-state index is 7.89. The molecule has 136 valence electrons. The van der Waals surface area contributed by atoms with Gasteiger partial charge in [-0.1, -0.05) is 24.3 Å². The fourth-order valence-electron chi connectivity index (χ4n) is 3.96. The molecule has 0 radical (unpaired) electrons. The van der Waals surface area contributed by atoms with Gasteiger partial charge in [0.1, 0.15) is 17.2 Å². The second-order valence-corrected chi connectivity index (χ2v) is 7.62. The quantitative estimate of drug-likeness (QED) is 0.537. The van der Waals surface area contributed by atoms with Crippen molar-refractivity contribution in [3.05, 3.63) is 36.3 Å². The lowest BCUT2D eigenvalue weighted by Gasteiger charge is -2.25. The molecule has 3 aliphatic rings. The molecule has 5 nitrogen and oxygen atoms in total. The van der Waals surface area contributed by atoms with Gasteiger partial charge < -0.3 is 20.4 Å². The summed E-state index contributed by atoms with van der Waals surface area (Å²) in [6.45, 7) is 8.17. The molecule has 1 aliphatic carbocycles. The third-order valence-electron chi connectivity index (χ3n) is 5.34. The predicted molar refractivity (Wildman–Crippen MR) is 103 cm³/mol. The van der Waals surface area contributed by atoms with Gasteiger partial charge in [-0.15, -0.1) is 0 Å². The molecule has 6 heteroatoms. The van der Waals surface area contributed by atoms with Gasteiger partial charge in [-0.05, 0) is 50.2 Å². The lowest BCUT2D eigenvalue weighted by Crippen LogP contribution is -2.32. The van der Waals surface area contributed by atoms with Crippen LogP contribution in [0.25, 0.3) is 0 Å². The number of piperidine rings is 1. The molecule has 25 heavy (non-hydrogen) atoms. The van der Waals surface area contributed by atoms with Gasteiger partial charge in [-0.25, -0.2) is 4.99 Å². The summed E-state index contributed by atoms with van der Waals surface area (Å²) in [7, 11) is 0. The number of halogens is 1. The number of nitrogens with zero attached hydrogens (tertiary/aromatic N) is 2. The Morgan fingerprint density at radius 1 is 1.48 bits per heavy atom. The van der Waals surface area contributed by atoms with Crippen molar-refractivity contribution >= 4 is 23.0 Å².